The molecule has 2 atom stereocenters. The van der Waals surface area contributed by atoms with Gasteiger partial charge in [-0.25, -0.2) is 9.97 Å². The quantitative estimate of drug-likeness (QED) is 0.380. The van der Waals surface area contributed by atoms with E-state index in [9.17, 15) is 4.79 Å². The Labute approximate surface area is 208 Å². The number of fused-ring (bicyclic) bond motifs is 1. The maximum Gasteiger partial charge on any atom is 0.229 e. The van der Waals surface area contributed by atoms with Crippen molar-refractivity contribution in [2.45, 2.75) is 19.3 Å². The molecule has 6 rings (SSSR count). The monoisotopic (exact) mass is 475 g/mol. The minimum absolute atomic E-state index is 0.0348. The van der Waals surface area contributed by atoms with Crippen LogP contribution in [0.25, 0.3) is 33.3 Å². The average Bonchev–Trinajstić information content (AvgIpc) is 3.57. The smallest absolute Gasteiger partial charge is 0.229 e. The maximum absolute atomic E-state index is 12.9. The Balaban J connectivity index is 1.33. The van der Waals surface area contributed by atoms with Crippen molar-refractivity contribution in [1.82, 2.24) is 24.7 Å². The number of benzene rings is 1. The van der Waals surface area contributed by atoms with Crippen LogP contribution < -0.4 is 11.1 Å². The van der Waals surface area contributed by atoms with Gasteiger partial charge in [0.15, 0.2) is 0 Å². The summed E-state index contributed by atoms with van der Waals surface area (Å²) in [4.78, 5) is 26.7. The molecule has 1 amide bonds. The van der Waals surface area contributed by atoms with Gasteiger partial charge in [-0.2, -0.15) is 5.10 Å². The number of pyridine rings is 3. The Hall–Kier alpha value is -4.59. The molecule has 0 spiro atoms. The fourth-order valence-electron chi connectivity index (χ4n) is 4.77. The zero-order chi connectivity index (χ0) is 24.8. The molecule has 3 N–H and O–H groups in total. The second kappa shape index (κ2) is 8.57. The van der Waals surface area contributed by atoms with Gasteiger partial charge in [0.25, 0.3) is 0 Å². The van der Waals surface area contributed by atoms with E-state index in [-0.39, 0.29) is 17.7 Å². The predicted molar refractivity (Wildman–Crippen MR) is 140 cm³/mol. The number of aromatic nitrogens is 5. The molecule has 0 radical (unpaired) electrons. The molecule has 4 heterocycles. The molecule has 178 valence electrons. The summed E-state index contributed by atoms with van der Waals surface area (Å²) in [6, 6.07) is 15.8. The molecule has 1 fully saturated rings. The van der Waals surface area contributed by atoms with E-state index in [1.54, 1.807) is 17.1 Å². The normalized spacial score (nSPS) is 16.7. The largest absolute Gasteiger partial charge is 0.383 e. The van der Waals surface area contributed by atoms with Crippen molar-refractivity contribution in [3.05, 3.63) is 84.4 Å². The van der Waals surface area contributed by atoms with Crippen LogP contribution >= 0.6 is 0 Å². The third-order valence-electron chi connectivity index (χ3n) is 6.74. The third kappa shape index (κ3) is 3.96. The standard InChI is InChI=1S/C28H25N7O/c1-16-8-9-30-26(17-6-4-3-5-7-17)25(16)23-10-18-11-24(31-14-22(18)27(29)33-23)34-28(36)21-12-20(21)19-13-32-35(2)15-19/h3-11,13-15,20-21H,12H2,1-2H3,(H2,29,33)(H,31,34,36)/t20-,21+/m1/s1. The Morgan fingerprint density at radius 3 is 2.72 bits per heavy atom. The van der Waals surface area contributed by atoms with E-state index in [4.69, 9.17) is 10.7 Å². The molecule has 1 aromatic carbocycles. The third-order valence-corrected chi connectivity index (χ3v) is 6.74. The lowest BCUT2D eigenvalue weighted by Crippen LogP contribution is -2.15. The van der Waals surface area contributed by atoms with Crippen molar-refractivity contribution >= 4 is 28.3 Å². The number of amides is 1. The Kier molecular flexibility index (Phi) is 5.21. The number of nitrogens with zero attached hydrogens (tertiary/aromatic N) is 5. The molecular formula is C28H25N7O. The molecule has 36 heavy (non-hydrogen) atoms. The molecule has 5 aromatic rings. The predicted octanol–water partition coefficient (Wildman–Crippen LogP) is 4.73. The van der Waals surface area contributed by atoms with E-state index >= 15 is 0 Å². The first-order chi connectivity index (χ1) is 17.5. The first-order valence-electron chi connectivity index (χ1n) is 11.8. The summed E-state index contributed by atoms with van der Waals surface area (Å²) < 4.78 is 1.76. The molecule has 0 bridgehead atoms. The average molecular weight is 476 g/mol. The summed E-state index contributed by atoms with van der Waals surface area (Å²) in [5, 5.41) is 8.78. The lowest BCUT2D eigenvalue weighted by atomic mass is 9.97. The minimum atomic E-state index is -0.0729. The van der Waals surface area contributed by atoms with Crippen molar-refractivity contribution < 1.29 is 4.79 Å². The topological polar surface area (TPSA) is 112 Å². The van der Waals surface area contributed by atoms with E-state index < -0.39 is 0 Å². The van der Waals surface area contributed by atoms with E-state index in [1.807, 2.05) is 74.9 Å². The van der Waals surface area contributed by atoms with E-state index in [2.05, 4.69) is 20.4 Å². The summed E-state index contributed by atoms with van der Waals surface area (Å²) in [6.45, 7) is 2.04. The molecule has 8 heteroatoms. The molecule has 4 aromatic heterocycles. The molecule has 1 aliphatic rings. The summed E-state index contributed by atoms with van der Waals surface area (Å²) in [6.07, 6.45) is 8.08. The van der Waals surface area contributed by atoms with Gasteiger partial charge in [0.05, 0.1) is 17.6 Å². The van der Waals surface area contributed by atoms with E-state index in [0.29, 0.717) is 11.6 Å². The number of nitrogen functional groups attached to an aromatic ring is 1. The zero-order valence-corrected chi connectivity index (χ0v) is 20.0. The number of aryl methyl sites for hydroxylation is 2. The number of carbonyl (C=O) groups is 1. The Morgan fingerprint density at radius 1 is 1.11 bits per heavy atom. The summed E-state index contributed by atoms with van der Waals surface area (Å²) in [5.41, 5.74) is 12.0. The number of hydrogen-bond donors (Lipinski definition) is 2. The van der Waals surface area contributed by atoms with E-state index in [1.165, 1.54) is 0 Å². The molecule has 8 nitrogen and oxygen atoms in total. The van der Waals surface area contributed by atoms with Crippen LogP contribution in [-0.2, 0) is 11.8 Å². The van der Waals surface area contributed by atoms with Gasteiger partial charge in [-0.05, 0) is 54.0 Å². The maximum atomic E-state index is 12.9. The SMILES string of the molecule is Cc1ccnc(-c2ccccc2)c1-c1cc2cc(NC(=O)[C@H]3C[C@@H]3c3cnn(C)c3)ncc2c(N)n1. The first kappa shape index (κ1) is 21.9. The molecule has 1 saturated carbocycles. The number of anilines is 2. The van der Waals surface area contributed by atoms with Gasteiger partial charge in [-0.15, -0.1) is 0 Å². The van der Waals surface area contributed by atoms with Crippen LogP contribution in [0.2, 0.25) is 0 Å². The number of nitrogens with one attached hydrogen (secondary N) is 1. The van der Waals surface area contributed by atoms with Crippen molar-refractivity contribution in [1.29, 1.82) is 0 Å². The van der Waals surface area contributed by atoms with Gasteiger partial charge in [-0.1, -0.05) is 30.3 Å². The van der Waals surface area contributed by atoms with Gasteiger partial charge < -0.3 is 11.1 Å². The summed E-state index contributed by atoms with van der Waals surface area (Å²) in [5.74, 6) is 0.972. The molecule has 0 saturated heterocycles. The summed E-state index contributed by atoms with van der Waals surface area (Å²) in [7, 11) is 1.88. The van der Waals surface area contributed by atoms with Crippen LogP contribution in [0.5, 0.6) is 0 Å². The van der Waals surface area contributed by atoms with Crippen molar-refractivity contribution in [3.8, 4) is 22.5 Å². The molecule has 0 aliphatic heterocycles. The van der Waals surface area contributed by atoms with E-state index in [0.717, 1.165) is 50.8 Å². The number of hydrogen-bond acceptors (Lipinski definition) is 6. The van der Waals surface area contributed by atoms with Gasteiger partial charge in [0.1, 0.15) is 11.6 Å². The van der Waals surface area contributed by atoms with Crippen molar-refractivity contribution in [2.75, 3.05) is 11.1 Å². The van der Waals surface area contributed by atoms with Gasteiger partial charge in [-0.3, -0.25) is 14.5 Å². The van der Waals surface area contributed by atoms with Crippen LogP contribution in [0.1, 0.15) is 23.5 Å². The summed E-state index contributed by atoms with van der Waals surface area (Å²) >= 11 is 0. The number of rotatable bonds is 5. The first-order valence-corrected chi connectivity index (χ1v) is 11.8. The zero-order valence-electron chi connectivity index (χ0n) is 20.0. The van der Waals surface area contributed by atoms with Crippen LogP contribution in [-0.4, -0.2) is 30.6 Å². The number of carbonyl (C=O) groups excluding carboxylic acids is 1. The lowest BCUT2D eigenvalue weighted by molar-refractivity contribution is -0.117. The number of nitrogens with two attached hydrogens (primary N) is 1. The van der Waals surface area contributed by atoms with Crippen LogP contribution in [0, 0.1) is 12.8 Å². The lowest BCUT2D eigenvalue weighted by Gasteiger charge is -2.14. The van der Waals surface area contributed by atoms with Crippen LogP contribution in [0.3, 0.4) is 0 Å². The highest BCUT2D eigenvalue weighted by atomic mass is 16.2. The highest BCUT2D eigenvalue weighted by Crippen LogP contribution is 2.47. The fourth-order valence-corrected chi connectivity index (χ4v) is 4.77. The highest BCUT2D eigenvalue weighted by molar-refractivity contribution is 5.99. The molecule has 0 unspecified atom stereocenters. The fraction of sp³-hybridized carbons (Fsp3) is 0.179. The second-order valence-electron chi connectivity index (χ2n) is 9.29. The minimum Gasteiger partial charge on any atom is -0.383 e. The van der Waals surface area contributed by atoms with Crippen molar-refractivity contribution in [2.24, 2.45) is 13.0 Å². The molecule has 1 aliphatic carbocycles. The van der Waals surface area contributed by atoms with Gasteiger partial charge >= 0.3 is 0 Å². The van der Waals surface area contributed by atoms with Gasteiger partial charge in [0, 0.05) is 48.1 Å². The second-order valence-corrected chi connectivity index (χ2v) is 9.29. The van der Waals surface area contributed by atoms with Crippen molar-refractivity contribution in [3.63, 3.8) is 0 Å². The Morgan fingerprint density at radius 2 is 1.94 bits per heavy atom. The highest BCUT2D eigenvalue weighted by Gasteiger charge is 2.44. The Bertz CT molecular complexity index is 1610. The van der Waals surface area contributed by atoms with Crippen LogP contribution in [0.4, 0.5) is 11.6 Å². The molecular weight excluding hydrogens is 450 g/mol. The van der Waals surface area contributed by atoms with Gasteiger partial charge in [0.2, 0.25) is 5.91 Å². The van der Waals surface area contributed by atoms with Crippen LogP contribution in [0.15, 0.2) is 73.3 Å².